The van der Waals surface area contributed by atoms with Gasteiger partial charge in [0.05, 0.1) is 17.0 Å². The van der Waals surface area contributed by atoms with Gasteiger partial charge in [0.15, 0.2) is 0 Å². The molecule has 0 saturated heterocycles. The molecule has 0 spiro atoms. The summed E-state index contributed by atoms with van der Waals surface area (Å²) in [6, 6.07) is 8.90. The molecule has 1 aromatic rings. The lowest BCUT2D eigenvalue weighted by molar-refractivity contribution is -0.133. The Labute approximate surface area is 143 Å². The van der Waals surface area contributed by atoms with Crippen LogP contribution in [0, 0.1) is 16.7 Å². The van der Waals surface area contributed by atoms with Crippen molar-refractivity contribution in [3.8, 4) is 6.07 Å². The minimum Gasteiger partial charge on any atom is -0.351 e. The van der Waals surface area contributed by atoms with Gasteiger partial charge in [-0.2, -0.15) is 5.26 Å². The first-order valence-corrected chi connectivity index (χ1v) is 8.37. The summed E-state index contributed by atoms with van der Waals surface area (Å²) < 4.78 is 0. The molecule has 0 aromatic heterocycles. The lowest BCUT2D eigenvalue weighted by Gasteiger charge is -2.29. The summed E-state index contributed by atoms with van der Waals surface area (Å²) in [5.74, 6) is -0.218. The van der Waals surface area contributed by atoms with Gasteiger partial charge in [-0.05, 0) is 51.8 Å². The van der Waals surface area contributed by atoms with Crippen LogP contribution in [-0.2, 0) is 9.59 Å². The van der Waals surface area contributed by atoms with E-state index in [1.807, 2.05) is 20.8 Å². The maximum atomic E-state index is 12.9. The van der Waals surface area contributed by atoms with E-state index >= 15 is 0 Å². The Morgan fingerprint density at radius 2 is 1.92 bits per heavy atom. The number of carbonyl (C=O) groups is 2. The number of benzene rings is 1. The van der Waals surface area contributed by atoms with Gasteiger partial charge >= 0.3 is 0 Å². The molecule has 0 bridgehead atoms. The third-order valence-electron chi connectivity index (χ3n) is 4.31. The highest BCUT2D eigenvalue weighted by molar-refractivity contribution is 5.98. The molecule has 0 radical (unpaired) electrons. The van der Waals surface area contributed by atoms with Crippen molar-refractivity contribution in [2.24, 2.45) is 5.41 Å². The number of carbonyl (C=O) groups excluding carboxylic acids is 2. The molecule has 128 valence electrons. The van der Waals surface area contributed by atoms with Crippen LogP contribution in [0.15, 0.2) is 24.3 Å². The van der Waals surface area contributed by atoms with Crippen LogP contribution in [-0.4, -0.2) is 17.4 Å². The SMILES string of the molecule is CC(C)(C)NC(=O)CC1(C(=O)Nc2cccc(C#N)c2)CCCC1. The molecule has 1 fully saturated rings. The third-order valence-corrected chi connectivity index (χ3v) is 4.31. The second kappa shape index (κ2) is 7.04. The van der Waals surface area contributed by atoms with E-state index in [2.05, 4.69) is 16.7 Å². The molecular weight excluding hydrogens is 302 g/mol. The minimum absolute atomic E-state index is 0.0923. The summed E-state index contributed by atoms with van der Waals surface area (Å²) in [6.07, 6.45) is 3.54. The van der Waals surface area contributed by atoms with Crippen molar-refractivity contribution in [1.29, 1.82) is 5.26 Å². The van der Waals surface area contributed by atoms with Crippen molar-refractivity contribution in [2.75, 3.05) is 5.32 Å². The summed E-state index contributed by atoms with van der Waals surface area (Å²) in [6.45, 7) is 5.79. The molecule has 2 rings (SSSR count). The van der Waals surface area contributed by atoms with E-state index in [4.69, 9.17) is 5.26 Å². The summed E-state index contributed by atoms with van der Waals surface area (Å²) in [5, 5.41) is 14.8. The zero-order valence-corrected chi connectivity index (χ0v) is 14.6. The van der Waals surface area contributed by atoms with Gasteiger partial charge in [-0.3, -0.25) is 9.59 Å². The summed E-state index contributed by atoms with van der Waals surface area (Å²) in [7, 11) is 0. The molecular formula is C19H25N3O2. The topological polar surface area (TPSA) is 82.0 Å². The van der Waals surface area contributed by atoms with E-state index in [9.17, 15) is 9.59 Å². The van der Waals surface area contributed by atoms with E-state index in [-0.39, 0.29) is 23.8 Å². The molecule has 5 heteroatoms. The Morgan fingerprint density at radius 3 is 2.50 bits per heavy atom. The smallest absolute Gasteiger partial charge is 0.231 e. The minimum atomic E-state index is -0.655. The van der Waals surface area contributed by atoms with Gasteiger partial charge in [0.2, 0.25) is 11.8 Å². The second-order valence-electron chi connectivity index (χ2n) is 7.61. The molecule has 0 heterocycles. The Bertz CT molecular complexity index is 662. The lowest BCUT2D eigenvalue weighted by atomic mass is 9.81. The molecule has 2 N–H and O–H groups in total. The highest BCUT2D eigenvalue weighted by Crippen LogP contribution is 2.42. The van der Waals surface area contributed by atoms with Crippen molar-refractivity contribution < 1.29 is 9.59 Å². The molecule has 1 aliphatic rings. The number of nitriles is 1. The van der Waals surface area contributed by atoms with Crippen molar-refractivity contribution >= 4 is 17.5 Å². The van der Waals surface area contributed by atoms with Crippen LogP contribution in [0.3, 0.4) is 0 Å². The first kappa shape index (κ1) is 18.0. The molecule has 24 heavy (non-hydrogen) atoms. The van der Waals surface area contributed by atoms with Gasteiger partial charge < -0.3 is 10.6 Å². The number of hydrogen-bond acceptors (Lipinski definition) is 3. The van der Waals surface area contributed by atoms with Crippen LogP contribution < -0.4 is 10.6 Å². The lowest BCUT2D eigenvalue weighted by Crippen LogP contribution is -2.45. The van der Waals surface area contributed by atoms with Gasteiger partial charge in [0, 0.05) is 17.6 Å². The fourth-order valence-corrected chi connectivity index (χ4v) is 3.24. The van der Waals surface area contributed by atoms with Gasteiger partial charge in [-0.1, -0.05) is 18.9 Å². The third kappa shape index (κ3) is 4.58. The van der Waals surface area contributed by atoms with Gasteiger partial charge in [-0.15, -0.1) is 0 Å². The Morgan fingerprint density at radius 1 is 1.25 bits per heavy atom. The van der Waals surface area contributed by atoms with E-state index < -0.39 is 5.41 Å². The molecule has 5 nitrogen and oxygen atoms in total. The first-order valence-electron chi connectivity index (χ1n) is 8.37. The maximum absolute atomic E-state index is 12.9. The summed E-state index contributed by atoms with van der Waals surface area (Å²) >= 11 is 0. The second-order valence-corrected chi connectivity index (χ2v) is 7.61. The van der Waals surface area contributed by atoms with Crippen LogP contribution in [0.25, 0.3) is 0 Å². The number of rotatable bonds is 4. The van der Waals surface area contributed by atoms with Crippen LogP contribution >= 0.6 is 0 Å². The summed E-state index contributed by atoms with van der Waals surface area (Å²) in [5.41, 5.74) is 0.132. The maximum Gasteiger partial charge on any atom is 0.231 e. The van der Waals surface area contributed by atoms with Gasteiger partial charge in [0.25, 0.3) is 0 Å². The predicted octanol–water partition coefficient (Wildman–Crippen LogP) is 3.36. The zero-order valence-electron chi connectivity index (χ0n) is 14.6. The number of nitrogens with one attached hydrogen (secondary N) is 2. The van der Waals surface area contributed by atoms with Crippen molar-refractivity contribution in [2.45, 2.75) is 58.4 Å². The monoisotopic (exact) mass is 327 g/mol. The highest BCUT2D eigenvalue weighted by Gasteiger charge is 2.43. The van der Waals surface area contributed by atoms with Crippen molar-refractivity contribution in [1.82, 2.24) is 5.32 Å². The van der Waals surface area contributed by atoms with E-state index in [0.717, 1.165) is 12.8 Å². The molecule has 2 amide bonds. The first-order chi connectivity index (χ1) is 11.2. The zero-order chi connectivity index (χ0) is 17.8. The normalized spacial score (nSPS) is 16.2. The van der Waals surface area contributed by atoms with Crippen LogP contribution in [0.1, 0.15) is 58.4 Å². The molecule has 0 unspecified atom stereocenters. The van der Waals surface area contributed by atoms with Crippen LogP contribution in [0.4, 0.5) is 5.69 Å². The fraction of sp³-hybridized carbons (Fsp3) is 0.526. The Balaban J connectivity index is 2.12. The van der Waals surface area contributed by atoms with Crippen LogP contribution in [0.2, 0.25) is 0 Å². The van der Waals surface area contributed by atoms with E-state index in [0.29, 0.717) is 24.1 Å². The molecule has 1 saturated carbocycles. The number of anilines is 1. The van der Waals surface area contributed by atoms with Gasteiger partial charge in [0.1, 0.15) is 0 Å². The largest absolute Gasteiger partial charge is 0.351 e. The molecule has 1 aromatic carbocycles. The quantitative estimate of drug-likeness (QED) is 0.889. The fourth-order valence-electron chi connectivity index (χ4n) is 3.24. The highest BCUT2D eigenvalue weighted by atomic mass is 16.2. The van der Waals surface area contributed by atoms with Crippen molar-refractivity contribution in [3.63, 3.8) is 0 Å². The Hall–Kier alpha value is -2.35. The standard InChI is InChI=1S/C19H25N3O2/c1-18(2,3)22-16(23)12-19(9-4-5-10-19)17(24)21-15-8-6-7-14(11-15)13-20/h6-8,11H,4-5,9-10,12H2,1-3H3,(H,21,24)(H,22,23). The molecule has 0 aliphatic heterocycles. The molecule has 1 aliphatic carbocycles. The molecule has 0 atom stereocenters. The predicted molar refractivity (Wildman–Crippen MR) is 93.2 cm³/mol. The Kier molecular flexibility index (Phi) is 5.28. The van der Waals surface area contributed by atoms with Crippen LogP contribution in [0.5, 0.6) is 0 Å². The average Bonchev–Trinajstić information content (AvgIpc) is 2.95. The number of hydrogen-bond donors (Lipinski definition) is 2. The number of amides is 2. The summed E-state index contributed by atoms with van der Waals surface area (Å²) in [4.78, 5) is 25.2. The number of nitrogens with zero attached hydrogens (tertiary/aromatic N) is 1. The van der Waals surface area contributed by atoms with E-state index in [1.165, 1.54) is 0 Å². The van der Waals surface area contributed by atoms with Crippen molar-refractivity contribution in [3.05, 3.63) is 29.8 Å². The van der Waals surface area contributed by atoms with E-state index in [1.54, 1.807) is 24.3 Å². The average molecular weight is 327 g/mol. The van der Waals surface area contributed by atoms with Gasteiger partial charge in [-0.25, -0.2) is 0 Å².